The van der Waals surface area contributed by atoms with E-state index in [1.165, 1.54) is 5.56 Å². The molecular formula is C26H18N4O3S. The molecule has 0 radical (unpaired) electrons. The first-order valence-electron chi connectivity index (χ1n) is 10.7. The second-order valence-electron chi connectivity index (χ2n) is 7.76. The number of aryl methyl sites for hydroxylation is 1. The maximum atomic E-state index is 5.68. The summed E-state index contributed by atoms with van der Waals surface area (Å²) in [6.07, 6.45) is 0.778. The lowest BCUT2D eigenvalue weighted by atomic mass is 10.1. The monoisotopic (exact) mass is 466 g/mol. The van der Waals surface area contributed by atoms with Crippen LogP contribution < -0.4 is 0 Å². The fraction of sp³-hybridized carbons (Fsp3) is 0.0769. The number of hydrogen-bond donors (Lipinski definition) is 0. The molecule has 2 aliphatic heterocycles. The van der Waals surface area contributed by atoms with Crippen LogP contribution in [-0.4, -0.2) is 20.4 Å². The smallest absolute Gasteiger partial charge is 0.283 e. The van der Waals surface area contributed by atoms with Crippen molar-refractivity contribution in [3.63, 3.8) is 0 Å². The minimum Gasteiger partial charge on any atom is -0.456 e. The van der Waals surface area contributed by atoms with E-state index in [0.717, 1.165) is 33.7 Å². The Bertz CT molecular complexity index is 1550. The zero-order valence-corrected chi connectivity index (χ0v) is 19.0. The van der Waals surface area contributed by atoms with Gasteiger partial charge >= 0.3 is 0 Å². The van der Waals surface area contributed by atoms with Crippen LogP contribution in [0.5, 0.6) is 0 Å². The summed E-state index contributed by atoms with van der Waals surface area (Å²) in [6, 6.07) is 23.8. The van der Waals surface area contributed by atoms with Gasteiger partial charge in [-0.3, -0.25) is 0 Å². The van der Waals surface area contributed by atoms with Gasteiger partial charge in [0.05, 0.1) is 4.88 Å². The number of hydrogen-bond acceptors (Lipinski definition) is 8. The van der Waals surface area contributed by atoms with Gasteiger partial charge in [-0.15, -0.1) is 31.7 Å². The van der Waals surface area contributed by atoms with Crippen LogP contribution in [0, 0.1) is 6.92 Å². The highest BCUT2D eigenvalue weighted by Crippen LogP contribution is 2.29. The van der Waals surface area contributed by atoms with Crippen molar-refractivity contribution >= 4 is 11.3 Å². The van der Waals surface area contributed by atoms with Gasteiger partial charge in [-0.25, -0.2) is 0 Å². The molecule has 0 spiro atoms. The Morgan fingerprint density at radius 2 is 1.44 bits per heavy atom. The molecule has 0 saturated heterocycles. The molecule has 166 valence electrons. The average Bonchev–Trinajstić information content (AvgIpc) is 3.66. The summed E-state index contributed by atoms with van der Waals surface area (Å²) in [5.74, 6) is 3.63. The van der Waals surface area contributed by atoms with Crippen LogP contribution in [0.2, 0.25) is 0 Å². The average molecular weight is 467 g/mol. The highest BCUT2D eigenvalue weighted by atomic mass is 32.1. The second-order valence-corrected chi connectivity index (χ2v) is 8.70. The molecule has 2 aliphatic rings. The summed E-state index contributed by atoms with van der Waals surface area (Å²) < 4.78 is 16.9. The van der Waals surface area contributed by atoms with Crippen molar-refractivity contribution in [3.05, 3.63) is 95.1 Å². The molecule has 6 heterocycles. The highest BCUT2D eigenvalue weighted by Gasteiger charge is 2.16. The third-order valence-corrected chi connectivity index (χ3v) is 6.27. The van der Waals surface area contributed by atoms with Gasteiger partial charge < -0.3 is 13.3 Å². The first-order valence-corrected chi connectivity index (χ1v) is 11.6. The molecule has 34 heavy (non-hydrogen) atoms. The number of thiophene rings is 1. The van der Waals surface area contributed by atoms with Crippen LogP contribution in [0.3, 0.4) is 0 Å². The molecule has 6 aromatic rings. The largest absolute Gasteiger partial charge is 0.456 e. The van der Waals surface area contributed by atoms with Gasteiger partial charge in [-0.2, -0.15) is 0 Å². The fourth-order valence-corrected chi connectivity index (χ4v) is 4.28. The van der Waals surface area contributed by atoms with Gasteiger partial charge in [-0.1, -0.05) is 36.4 Å². The molecule has 7 nitrogen and oxygen atoms in total. The van der Waals surface area contributed by atoms with Crippen molar-refractivity contribution in [3.8, 4) is 45.3 Å². The first kappa shape index (κ1) is 20.3. The topological polar surface area (TPSA) is 91.0 Å². The van der Waals surface area contributed by atoms with Crippen LogP contribution in [0.4, 0.5) is 0 Å². The summed E-state index contributed by atoms with van der Waals surface area (Å²) in [5.41, 5.74) is 4.26. The van der Waals surface area contributed by atoms with Gasteiger partial charge in [0.25, 0.3) is 11.8 Å². The number of furan rings is 1. The van der Waals surface area contributed by atoms with Crippen molar-refractivity contribution in [2.24, 2.45) is 0 Å². The second kappa shape index (κ2) is 8.57. The maximum absolute atomic E-state index is 5.68. The van der Waals surface area contributed by atoms with E-state index in [9.17, 15) is 0 Å². The number of benzene rings is 2. The lowest BCUT2D eigenvalue weighted by Gasteiger charge is -1.99. The number of fused-ring (bicyclic) bond motifs is 2. The Morgan fingerprint density at radius 1 is 0.676 bits per heavy atom. The highest BCUT2D eigenvalue weighted by molar-refractivity contribution is 7.13. The summed E-state index contributed by atoms with van der Waals surface area (Å²) >= 11 is 1.59. The van der Waals surface area contributed by atoms with Crippen LogP contribution in [0.25, 0.3) is 45.3 Å². The van der Waals surface area contributed by atoms with Gasteiger partial charge in [0.15, 0.2) is 5.76 Å². The Balaban J connectivity index is 0.000000128. The van der Waals surface area contributed by atoms with E-state index >= 15 is 0 Å². The van der Waals surface area contributed by atoms with Gasteiger partial charge in [0, 0.05) is 17.5 Å². The molecule has 0 fully saturated rings. The van der Waals surface area contributed by atoms with Crippen molar-refractivity contribution in [1.82, 2.24) is 20.4 Å². The molecule has 8 rings (SSSR count). The predicted octanol–water partition coefficient (Wildman–Crippen LogP) is 6.67. The summed E-state index contributed by atoms with van der Waals surface area (Å²) in [6.45, 7) is 2.03. The number of aromatic nitrogens is 4. The van der Waals surface area contributed by atoms with Gasteiger partial charge in [0.1, 0.15) is 5.76 Å². The van der Waals surface area contributed by atoms with Gasteiger partial charge in [-0.05, 0) is 59.8 Å². The number of nitrogens with zero attached hydrogens (tertiary/aromatic N) is 4. The normalized spacial score (nSPS) is 11.6. The molecule has 0 saturated carbocycles. The Hall–Kier alpha value is -4.30. The minimum atomic E-state index is 0.427. The minimum absolute atomic E-state index is 0.427. The Labute approximate surface area is 198 Å². The van der Waals surface area contributed by atoms with Crippen molar-refractivity contribution in [1.29, 1.82) is 0 Å². The third-order valence-electron chi connectivity index (χ3n) is 5.41. The van der Waals surface area contributed by atoms with Crippen LogP contribution in [-0.2, 0) is 6.42 Å². The maximum Gasteiger partial charge on any atom is 0.283 e. The van der Waals surface area contributed by atoms with Crippen molar-refractivity contribution < 1.29 is 13.3 Å². The molecule has 0 atom stereocenters. The number of rotatable bonds is 2. The van der Waals surface area contributed by atoms with E-state index in [1.54, 1.807) is 11.3 Å². The van der Waals surface area contributed by atoms with Crippen LogP contribution in [0.15, 0.2) is 91.4 Å². The van der Waals surface area contributed by atoms with E-state index in [2.05, 4.69) is 20.4 Å². The molecule has 2 aromatic carbocycles. The van der Waals surface area contributed by atoms with E-state index in [-0.39, 0.29) is 0 Å². The molecule has 0 amide bonds. The van der Waals surface area contributed by atoms with Crippen molar-refractivity contribution in [2.45, 2.75) is 13.3 Å². The molecule has 0 unspecified atom stereocenters. The molecule has 4 aromatic heterocycles. The Kier molecular flexibility index (Phi) is 5.12. The lowest BCUT2D eigenvalue weighted by molar-refractivity contribution is 0.498. The molecule has 8 heteroatoms. The first-order chi connectivity index (χ1) is 16.7. The zero-order valence-electron chi connectivity index (χ0n) is 18.1. The van der Waals surface area contributed by atoms with Gasteiger partial charge in [0.2, 0.25) is 11.8 Å². The fourth-order valence-electron chi connectivity index (χ4n) is 3.64. The molecule has 0 N–H and O–H groups in total. The summed E-state index contributed by atoms with van der Waals surface area (Å²) in [4.78, 5) is 0.998. The van der Waals surface area contributed by atoms with Crippen LogP contribution in [0.1, 0.15) is 16.9 Å². The summed E-state index contributed by atoms with van der Waals surface area (Å²) in [7, 11) is 0. The predicted molar refractivity (Wildman–Crippen MR) is 128 cm³/mol. The molecule has 0 aliphatic carbocycles. The van der Waals surface area contributed by atoms with E-state index in [4.69, 9.17) is 13.3 Å². The van der Waals surface area contributed by atoms with Crippen molar-refractivity contribution in [2.75, 3.05) is 0 Å². The quantitative estimate of drug-likeness (QED) is 0.281. The van der Waals surface area contributed by atoms with Crippen LogP contribution >= 0.6 is 11.3 Å². The summed E-state index contributed by atoms with van der Waals surface area (Å²) in [5, 5.41) is 18.2. The lowest BCUT2D eigenvalue weighted by Crippen LogP contribution is -1.86. The molecular weight excluding hydrogens is 448 g/mol. The van der Waals surface area contributed by atoms with E-state index in [0.29, 0.717) is 29.3 Å². The van der Waals surface area contributed by atoms with E-state index < -0.39 is 0 Å². The SMILES string of the molecule is Cc1ccccc1-c1nnc(-c2cccs2)o1.c1cc2ccc1Cc1ccc(o1)-c1nnc-2o1. The standard InChI is InChI=1S/C13H8N2O2.C13H10N2OS/c1-3-9-4-2-8(1)7-10-5-6-11(16-10)13-15-14-12(9)17-13;1-9-5-2-3-6-10(9)12-14-15-13(16-12)11-7-4-8-17-11/h1-6H,7H2;2-8H,1H3. The third kappa shape index (κ3) is 3.95. The van der Waals surface area contributed by atoms with E-state index in [1.807, 2.05) is 85.1 Å². The zero-order chi connectivity index (χ0) is 22.9. The Morgan fingerprint density at radius 3 is 2.26 bits per heavy atom. The molecule has 6 bridgehead atoms.